The minimum atomic E-state index is -0.704. The fourth-order valence-corrected chi connectivity index (χ4v) is 3.26. The van der Waals surface area contributed by atoms with Gasteiger partial charge >= 0.3 is 0 Å². The van der Waals surface area contributed by atoms with Crippen LogP contribution in [-0.2, 0) is 9.59 Å². The Bertz CT molecular complexity index is 711. The van der Waals surface area contributed by atoms with Crippen LogP contribution in [0.5, 0.6) is 5.75 Å². The van der Waals surface area contributed by atoms with Gasteiger partial charge in [-0.15, -0.1) is 0 Å². The Hall–Kier alpha value is -1.68. The summed E-state index contributed by atoms with van der Waals surface area (Å²) in [5, 5.41) is 0. The van der Waals surface area contributed by atoms with Gasteiger partial charge in [0.2, 0.25) is 0 Å². The van der Waals surface area contributed by atoms with Crippen LogP contribution < -0.4 is 4.74 Å². The fraction of sp³-hybridized carbons (Fsp3) is 0.294. The van der Waals surface area contributed by atoms with Crippen LogP contribution in [0, 0.1) is 0 Å². The molecule has 0 saturated carbocycles. The molecule has 0 saturated heterocycles. The summed E-state index contributed by atoms with van der Waals surface area (Å²) in [6, 6.07) is 5.74. The number of fused-ring (bicyclic) bond motifs is 1. The molecule has 21 heavy (non-hydrogen) atoms. The highest BCUT2D eigenvalue weighted by atomic mass is 79.9. The molecule has 0 aromatic heterocycles. The Balaban J connectivity index is 2.30. The van der Waals surface area contributed by atoms with Gasteiger partial charge in [0.1, 0.15) is 11.4 Å². The molecule has 1 aliphatic carbocycles. The van der Waals surface area contributed by atoms with E-state index in [0.717, 1.165) is 33.2 Å². The van der Waals surface area contributed by atoms with Crippen LogP contribution >= 0.6 is 15.9 Å². The van der Waals surface area contributed by atoms with E-state index >= 15 is 0 Å². The fourth-order valence-electron chi connectivity index (χ4n) is 2.90. The van der Waals surface area contributed by atoms with Crippen molar-refractivity contribution in [1.29, 1.82) is 0 Å². The van der Waals surface area contributed by atoms with Crippen LogP contribution in [0.15, 0.2) is 39.9 Å². The molecule has 4 heteroatoms. The SMILES string of the molecule is CC1(C)Oc2ccc(Br)cc2C(C2=CC(=O)CC2)=C1C=O. The second-order valence-corrected chi connectivity index (χ2v) is 6.71. The number of halogens is 1. The number of hydrogen-bond acceptors (Lipinski definition) is 3. The molecule has 3 nitrogen and oxygen atoms in total. The summed E-state index contributed by atoms with van der Waals surface area (Å²) in [5.41, 5.74) is 2.53. The van der Waals surface area contributed by atoms with Crippen molar-refractivity contribution < 1.29 is 14.3 Å². The van der Waals surface area contributed by atoms with Crippen LogP contribution in [0.2, 0.25) is 0 Å². The van der Waals surface area contributed by atoms with E-state index in [1.807, 2.05) is 32.0 Å². The minimum absolute atomic E-state index is 0.114. The molecule has 1 aromatic rings. The maximum atomic E-state index is 11.7. The molecule has 1 heterocycles. The first kappa shape index (κ1) is 14.3. The first-order chi connectivity index (χ1) is 9.92. The average Bonchev–Trinajstić information content (AvgIpc) is 2.83. The summed E-state index contributed by atoms with van der Waals surface area (Å²) in [4.78, 5) is 23.3. The summed E-state index contributed by atoms with van der Waals surface area (Å²) in [7, 11) is 0. The van der Waals surface area contributed by atoms with Gasteiger partial charge in [-0.25, -0.2) is 0 Å². The lowest BCUT2D eigenvalue weighted by atomic mass is 9.83. The van der Waals surface area contributed by atoms with E-state index in [1.165, 1.54) is 0 Å². The summed E-state index contributed by atoms with van der Waals surface area (Å²) in [6.45, 7) is 3.75. The number of hydrogen-bond donors (Lipinski definition) is 0. The molecule has 0 amide bonds. The molecule has 0 spiro atoms. The Kier molecular flexibility index (Phi) is 3.36. The standard InChI is InChI=1S/C17H15BrO3/c1-17(2)14(9-19)16(10-3-5-12(20)7-10)13-8-11(18)4-6-15(13)21-17/h4,6-9H,3,5H2,1-2H3. The molecule has 0 unspecified atom stereocenters. The predicted octanol–water partition coefficient (Wildman–Crippen LogP) is 3.86. The zero-order valence-electron chi connectivity index (χ0n) is 11.9. The van der Waals surface area contributed by atoms with E-state index in [1.54, 1.807) is 6.08 Å². The lowest BCUT2D eigenvalue weighted by Crippen LogP contribution is -2.35. The summed E-state index contributed by atoms with van der Waals surface area (Å²) < 4.78 is 6.89. The molecule has 3 rings (SSSR count). The number of ether oxygens (including phenoxy) is 1. The summed E-state index contributed by atoms with van der Waals surface area (Å²) >= 11 is 3.46. The van der Waals surface area contributed by atoms with Crippen molar-refractivity contribution in [3.8, 4) is 5.75 Å². The van der Waals surface area contributed by atoms with Crippen molar-refractivity contribution in [2.24, 2.45) is 0 Å². The van der Waals surface area contributed by atoms with Crippen molar-refractivity contribution in [3.63, 3.8) is 0 Å². The summed E-state index contributed by atoms with van der Waals surface area (Å²) in [5.74, 6) is 0.854. The van der Waals surface area contributed by atoms with Crippen molar-refractivity contribution in [2.75, 3.05) is 0 Å². The third-order valence-corrected chi connectivity index (χ3v) is 4.40. The molecule has 0 bridgehead atoms. The third-order valence-electron chi connectivity index (χ3n) is 3.91. The number of carbonyl (C=O) groups is 2. The number of aldehydes is 1. The van der Waals surface area contributed by atoms with Gasteiger partial charge in [0.25, 0.3) is 0 Å². The molecule has 0 N–H and O–H groups in total. The van der Waals surface area contributed by atoms with Gasteiger partial charge in [-0.3, -0.25) is 9.59 Å². The van der Waals surface area contributed by atoms with Gasteiger partial charge in [0, 0.05) is 22.0 Å². The second kappa shape index (κ2) is 4.95. The summed E-state index contributed by atoms with van der Waals surface area (Å²) in [6.07, 6.45) is 3.69. The average molecular weight is 347 g/mol. The molecule has 0 fully saturated rings. The Morgan fingerprint density at radius 3 is 2.67 bits per heavy atom. The van der Waals surface area contributed by atoms with Gasteiger partial charge in [-0.2, -0.15) is 0 Å². The van der Waals surface area contributed by atoms with Crippen LogP contribution in [0.1, 0.15) is 32.3 Å². The molecule has 1 aromatic carbocycles. The van der Waals surface area contributed by atoms with Crippen molar-refractivity contribution in [1.82, 2.24) is 0 Å². The van der Waals surface area contributed by atoms with Crippen molar-refractivity contribution in [2.45, 2.75) is 32.3 Å². The Labute approximate surface area is 131 Å². The van der Waals surface area contributed by atoms with Crippen LogP contribution in [0.3, 0.4) is 0 Å². The van der Waals surface area contributed by atoms with Gasteiger partial charge in [-0.05, 0) is 55.7 Å². The molecular weight excluding hydrogens is 332 g/mol. The number of ketones is 1. The Morgan fingerprint density at radius 2 is 2.05 bits per heavy atom. The zero-order valence-corrected chi connectivity index (χ0v) is 13.5. The Morgan fingerprint density at radius 1 is 1.29 bits per heavy atom. The van der Waals surface area contributed by atoms with Crippen LogP contribution in [0.4, 0.5) is 0 Å². The predicted molar refractivity (Wildman–Crippen MR) is 84.2 cm³/mol. The smallest absolute Gasteiger partial charge is 0.156 e. The molecule has 108 valence electrons. The topological polar surface area (TPSA) is 43.4 Å². The quantitative estimate of drug-likeness (QED) is 0.763. The van der Waals surface area contributed by atoms with Crippen LogP contribution in [-0.4, -0.2) is 17.7 Å². The number of benzene rings is 1. The molecular formula is C17H15BrO3. The van der Waals surface area contributed by atoms with E-state index in [0.29, 0.717) is 18.4 Å². The van der Waals surface area contributed by atoms with Crippen LogP contribution in [0.25, 0.3) is 5.57 Å². The van der Waals surface area contributed by atoms with E-state index in [9.17, 15) is 9.59 Å². The highest BCUT2D eigenvalue weighted by molar-refractivity contribution is 9.10. The number of allylic oxidation sites excluding steroid dienone is 3. The lowest BCUT2D eigenvalue weighted by molar-refractivity contribution is -0.114. The highest BCUT2D eigenvalue weighted by Gasteiger charge is 2.36. The molecule has 1 aliphatic heterocycles. The largest absolute Gasteiger partial charge is 0.482 e. The van der Waals surface area contributed by atoms with E-state index < -0.39 is 5.60 Å². The maximum absolute atomic E-state index is 11.7. The number of rotatable bonds is 2. The first-order valence-electron chi connectivity index (χ1n) is 6.85. The minimum Gasteiger partial charge on any atom is -0.482 e. The van der Waals surface area contributed by atoms with Gasteiger partial charge < -0.3 is 4.74 Å². The lowest BCUT2D eigenvalue weighted by Gasteiger charge is -2.35. The second-order valence-electron chi connectivity index (χ2n) is 5.80. The monoisotopic (exact) mass is 346 g/mol. The maximum Gasteiger partial charge on any atom is 0.156 e. The van der Waals surface area contributed by atoms with Gasteiger partial charge in [0.05, 0.1) is 0 Å². The normalized spacial score (nSPS) is 20.0. The number of carbonyl (C=O) groups excluding carboxylic acids is 2. The highest BCUT2D eigenvalue weighted by Crippen LogP contribution is 2.46. The van der Waals surface area contributed by atoms with E-state index in [-0.39, 0.29) is 5.78 Å². The molecule has 2 aliphatic rings. The van der Waals surface area contributed by atoms with E-state index in [4.69, 9.17) is 4.74 Å². The first-order valence-corrected chi connectivity index (χ1v) is 7.64. The molecule has 0 atom stereocenters. The van der Waals surface area contributed by atoms with Crippen molar-refractivity contribution >= 4 is 33.6 Å². The zero-order chi connectivity index (χ0) is 15.2. The third kappa shape index (κ3) is 2.38. The van der Waals surface area contributed by atoms with Gasteiger partial charge in [-0.1, -0.05) is 15.9 Å². The van der Waals surface area contributed by atoms with Crippen molar-refractivity contribution in [3.05, 3.63) is 45.5 Å². The van der Waals surface area contributed by atoms with Gasteiger partial charge in [0.15, 0.2) is 12.1 Å². The van der Waals surface area contributed by atoms with E-state index in [2.05, 4.69) is 15.9 Å². The molecule has 0 radical (unpaired) electrons.